The van der Waals surface area contributed by atoms with Gasteiger partial charge in [0.15, 0.2) is 0 Å². The van der Waals surface area contributed by atoms with Crippen molar-refractivity contribution >= 4 is 0 Å². The van der Waals surface area contributed by atoms with Crippen molar-refractivity contribution in [2.75, 3.05) is 26.2 Å². The van der Waals surface area contributed by atoms with Crippen LogP contribution in [0.2, 0.25) is 0 Å². The highest BCUT2D eigenvalue weighted by Crippen LogP contribution is 2.10. The van der Waals surface area contributed by atoms with Gasteiger partial charge in [-0.2, -0.15) is 0 Å². The van der Waals surface area contributed by atoms with Gasteiger partial charge in [0.2, 0.25) is 0 Å². The smallest absolute Gasteiger partial charge is 0.0613 e. The highest BCUT2D eigenvalue weighted by Gasteiger charge is 2.23. The summed E-state index contributed by atoms with van der Waals surface area (Å²) in [6, 6.07) is 10.5. The summed E-state index contributed by atoms with van der Waals surface area (Å²) >= 11 is 0. The van der Waals surface area contributed by atoms with Crippen LogP contribution in [0.5, 0.6) is 0 Å². The Morgan fingerprint density at radius 3 is 2.69 bits per heavy atom. The molecule has 0 saturated carbocycles. The normalized spacial score (nSPS) is 23.5. The highest BCUT2D eigenvalue weighted by molar-refractivity contribution is 5.14. The molecule has 1 heterocycles. The first kappa shape index (κ1) is 11.5. The first-order valence-electron chi connectivity index (χ1n) is 5.68. The molecular formula is C12H19N3O. The van der Waals surface area contributed by atoms with E-state index in [1.165, 1.54) is 5.56 Å². The summed E-state index contributed by atoms with van der Waals surface area (Å²) in [4.78, 5) is 2.33. The Labute approximate surface area is 96.2 Å². The molecule has 4 heteroatoms. The quantitative estimate of drug-likeness (QED) is 0.708. The number of hydrogen-bond donors (Lipinski definition) is 2. The molecule has 0 bridgehead atoms. The number of hydrogen-bond acceptors (Lipinski definition) is 4. The molecule has 2 rings (SSSR count). The van der Waals surface area contributed by atoms with Gasteiger partial charge in [-0.1, -0.05) is 30.3 Å². The van der Waals surface area contributed by atoms with E-state index in [9.17, 15) is 5.11 Å². The monoisotopic (exact) mass is 221 g/mol. The standard InChI is InChI=1S/C12H19N3O/c13-15-7-6-14(9-12(15)10-16)8-11-4-2-1-3-5-11/h1-5,12,16H,6-10,13H2/t12-/m0/s1. The van der Waals surface area contributed by atoms with Gasteiger partial charge in [-0.3, -0.25) is 10.7 Å². The third-order valence-corrected chi connectivity index (χ3v) is 3.07. The topological polar surface area (TPSA) is 52.7 Å². The molecule has 3 N–H and O–H groups in total. The summed E-state index contributed by atoms with van der Waals surface area (Å²) in [5.74, 6) is 5.79. The Balaban J connectivity index is 1.92. The lowest BCUT2D eigenvalue weighted by Crippen LogP contribution is -2.57. The van der Waals surface area contributed by atoms with Crippen molar-refractivity contribution in [1.82, 2.24) is 9.91 Å². The SMILES string of the molecule is NN1CCN(Cc2ccccc2)C[C@H]1CO. The van der Waals surface area contributed by atoms with E-state index in [4.69, 9.17) is 5.84 Å². The summed E-state index contributed by atoms with van der Waals surface area (Å²) in [5.41, 5.74) is 1.31. The molecule has 0 radical (unpaired) electrons. The fraction of sp³-hybridized carbons (Fsp3) is 0.500. The van der Waals surface area contributed by atoms with Gasteiger partial charge < -0.3 is 5.11 Å². The van der Waals surface area contributed by atoms with Gasteiger partial charge in [-0.15, -0.1) is 0 Å². The zero-order chi connectivity index (χ0) is 11.4. The van der Waals surface area contributed by atoms with Crippen molar-refractivity contribution in [3.05, 3.63) is 35.9 Å². The van der Waals surface area contributed by atoms with Crippen LogP contribution in [-0.4, -0.2) is 47.3 Å². The molecule has 1 saturated heterocycles. The molecule has 1 aromatic rings. The second-order valence-corrected chi connectivity index (χ2v) is 4.29. The molecule has 1 atom stereocenters. The summed E-state index contributed by atoms with van der Waals surface area (Å²) in [5, 5.41) is 10.9. The molecule has 0 unspecified atom stereocenters. The molecule has 4 nitrogen and oxygen atoms in total. The van der Waals surface area contributed by atoms with E-state index in [-0.39, 0.29) is 12.6 Å². The lowest BCUT2D eigenvalue weighted by atomic mass is 10.1. The minimum Gasteiger partial charge on any atom is -0.395 e. The molecule has 1 aromatic carbocycles. The second-order valence-electron chi connectivity index (χ2n) is 4.29. The van der Waals surface area contributed by atoms with Crippen molar-refractivity contribution in [2.45, 2.75) is 12.6 Å². The maximum atomic E-state index is 9.20. The summed E-state index contributed by atoms with van der Waals surface area (Å²) in [6.45, 7) is 3.68. The Bertz CT molecular complexity index is 317. The lowest BCUT2D eigenvalue weighted by Gasteiger charge is -2.38. The van der Waals surface area contributed by atoms with Gasteiger partial charge in [-0.05, 0) is 5.56 Å². The molecule has 0 amide bonds. The number of aliphatic hydroxyl groups is 1. The summed E-state index contributed by atoms with van der Waals surface area (Å²) in [6.07, 6.45) is 0. The molecule has 1 aliphatic rings. The van der Waals surface area contributed by atoms with E-state index < -0.39 is 0 Å². The van der Waals surface area contributed by atoms with Gasteiger partial charge in [0, 0.05) is 26.2 Å². The Morgan fingerprint density at radius 2 is 2.00 bits per heavy atom. The predicted molar refractivity (Wildman–Crippen MR) is 63.5 cm³/mol. The van der Waals surface area contributed by atoms with Gasteiger partial charge >= 0.3 is 0 Å². The first-order chi connectivity index (χ1) is 7.79. The van der Waals surface area contributed by atoms with Crippen LogP contribution in [0, 0.1) is 0 Å². The zero-order valence-corrected chi connectivity index (χ0v) is 9.42. The van der Waals surface area contributed by atoms with E-state index in [0.29, 0.717) is 0 Å². The van der Waals surface area contributed by atoms with Crippen LogP contribution < -0.4 is 5.84 Å². The van der Waals surface area contributed by atoms with Crippen LogP contribution >= 0.6 is 0 Å². The van der Waals surface area contributed by atoms with Crippen LogP contribution in [0.25, 0.3) is 0 Å². The van der Waals surface area contributed by atoms with Crippen LogP contribution in [0.1, 0.15) is 5.56 Å². The molecule has 0 aliphatic carbocycles. The van der Waals surface area contributed by atoms with E-state index in [0.717, 1.165) is 26.2 Å². The lowest BCUT2D eigenvalue weighted by molar-refractivity contribution is 0.0365. The van der Waals surface area contributed by atoms with Crippen LogP contribution in [0.15, 0.2) is 30.3 Å². The number of hydrazine groups is 1. The van der Waals surface area contributed by atoms with E-state index >= 15 is 0 Å². The van der Waals surface area contributed by atoms with Crippen molar-refractivity contribution in [1.29, 1.82) is 0 Å². The fourth-order valence-corrected chi connectivity index (χ4v) is 2.08. The Hall–Kier alpha value is -0.940. The largest absolute Gasteiger partial charge is 0.395 e. The van der Waals surface area contributed by atoms with Crippen molar-refractivity contribution in [3.63, 3.8) is 0 Å². The van der Waals surface area contributed by atoms with Gasteiger partial charge in [-0.25, -0.2) is 5.01 Å². The summed E-state index contributed by atoms with van der Waals surface area (Å²) in [7, 11) is 0. The molecular weight excluding hydrogens is 202 g/mol. The molecule has 0 spiro atoms. The van der Waals surface area contributed by atoms with Gasteiger partial charge in [0.1, 0.15) is 0 Å². The Kier molecular flexibility index (Phi) is 3.90. The molecule has 1 fully saturated rings. The number of aliphatic hydroxyl groups excluding tert-OH is 1. The van der Waals surface area contributed by atoms with Gasteiger partial charge in [0.25, 0.3) is 0 Å². The third-order valence-electron chi connectivity index (χ3n) is 3.07. The maximum absolute atomic E-state index is 9.20. The van der Waals surface area contributed by atoms with E-state index in [1.807, 2.05) is 6.07 Å². The number of nitrogens with zero attached hydrogens (tertiary/aromatic N) is 2. The number of benzene rings is 1. The molecule has 16 heavy (non-hydrogen) atoms. The predicted octanol–water partition coefficient (Wildman–Crippen LogP) is 0.0388. The zero-order valence-electron chi connectivity index (χ0n) is 9.42. The molecule has 88 valence electrons. The minimum absolute atomic E-state index is 0.0671. The van der Waals surface area contributed by atoms with Crippen LogP contribution in [0.4, 0.5) is 0 Å². The Morgan fingerprint density at radius 1 is 1.25 bits per heavy atom. The van der Waals surface area contributed by atoms with Crippen molar-refractivity contribution in [3.8, 4) is 0 Å². The minimum atomic E-state index is 0.0671. The fourth-order valence-electron chi connectivity index (χ4n) is 2.08. The molecule has 0 aromatic heterocycles. The van der Waals surface area contributed by atoms with E-state index in [2.05, 4.69) is 29.2 Å². The van der Waals surface area contributed by atoms with Gasteiger partial charge in [0.05, 0.1) is 12.6 Å². The van der Waals surface area contributed by atoms with Crippen LogP contribution in [0.3, 0.4) is 0 Å². The van der Waals surface area contributed by atoms with Crippen molar-refractivity contribution < 1.29 is 5.11 Å². The average molecular weight is 221 g/mol. The number of rotatable bonds is 3. The van der Waals surface area contributed by atoms with E-state index in [1.54, 1.807) is 5.01 Å². The number of nitrogens with two attached hydrogens (primary N) is 1. The second kappa shape index (κ2) is 5.41. The summed E-state index contributed by atoms with van der Waals surface area (Å²) < 4.78 is 0. The first-order valence-corrected chi connectivity index (χ1v) is 5.68. The highest BCUT2D eigenvalue weighted by atomic mass is 16.3. The van der Waals surface area contributed by atoms with Crippen molar-refractivity contribution in [2.24, 2.45) is 5.84 Å². The number of piperazine rings is 1. The molecule has 1 aliphatic heterocycles. The van der Waals surface area contributed by atoms with Crippen LogP contribution in [-0.2, 0) is 6.54 Å². The third kappa shape index (κ3) is 2.80. The maximum Gasteiger partial charge on any atom is 0.0613 e. The average Bonchev–Trinajstić information content (AvgIpc) is 2.33.